The molecule has 0 aromatic heterocycles. The monoisotopic (exact) mass is 443 g/mol. The van der Waals surface area contributed by atoms with Crippen molar-refractivity contribution >= 4 is 11.9 Å². The Hall–Kier alpha value is -3.48. The molecular weight excluding hydrogens is 414 g/mol. The van der Waals surface area contributed by atoms with Gasteiger partial charge in [0.05, 0.1) is 24.7 Å². The Morgan fingerprint density at radius 2 is 1.52 bits per heavy atom. The molecule has 1 aliphatic rings. The molecule has 0 bridgehead atoms. The molecule has 6 heteroatoms. The first-order valence-corrected chi connectivity index (χ1v) is 11.2. The number of carbonyl (C=O) groups excluding carboxylic acids is 2. The van der Waals surface area contributed by atoms with Crippen LogP contribution in [0.25, 0.3) is 0 Å². The molecule has 3 amide bonds. The van der Waals surface area contributed by atoms with Crippen LogP contribution in [0.5, 0.6) is 0 Å². The van der Waals surface area contributed by atoms with Crippen LogP contribution in [0, 0.1) is 0 Å². The Balaban J connectivity index is 1.53. The summed E-state index contributed by atoms with van der Waals surface area (Å²) in [5.41, 5.74) is 5.95. The molecule has 3 aromatic carbocycles. The highest BCUT2D eigenvalue weighted by atomic mass is 16.6. The third kappa shape index (κ3) is 5.13. The Morgan fingerprint density at radius 3 is 2.15 bits per heavy atom. The molecule has 1 heterocycles. The van der Waals surface area contributed by atoms with Crippen LogP contribution in [0.3, 0.4) is 0 Å². The fraction of sp³-hybridized carbons (Fsp3) is 0.259. The Kier molecular flexibility index (Phi) is 7.17. The van der Waals surface area contributed by atoms with Crippen molar-refractivity contribution < 1.29 is 14.4 Å². The summed E-state index contributed by atoms with van der Waals surface area (Å²) in [6.07, 6.45) is 0.0917. The van der Waals surface area contributed by atoms with Gasteiger partial charge in [0.2, 0.25) is 5.91 Å². The van der Waals surface area contributed by atoms with Gasteiger partial charge in [-0.05, 0) is 23.6 Å². The van der Waals surface area contributed by atoms with Gasteiger partial charge in [0.15, 0.2) is 0 Å². The fourth-order valence-electron chi connectivity index (χ4n) is 4.22. The molecule has 33 heavy (non-hydrogen) atoms. The number of hydroxylamine groups is 1. The van der Waals surface area contributed by atoms with E-state index >= 15 is 0 Å². The van der Waals surface area contributed by atoms with Gasteiger partial charge >= 0.3 is 6.03 Å². The molecule has 0 radical (unpaired) electrons. The van der Waals surface area contributed by atoms with E-state index in [9.17, 15) is 9.59 Å². The third-order valence-electron chi connectivity index (χ3n) is 6.15. The standard InChI is InChI=1S/C27H29N3O3/c1-20-26(23-16-10-5-11-17-23)30(27(32)29(20)2)25(31)18-24(22-14-8-4-9-15-22)28-33-19-21-12-6-3-7-13-21/h3-17,20,24,26,28H,18-19H2,1-2H3/t20-,24-,26-/m1/s1. The predicted molar refractivity (Wildman–Crippen MR) is 127 cm³/mol. The molecule has 0 saturated carbocycles. The van der Waals surface area contributed by atoms with Crippen LogP contribution >= 0.6 is 0 Å². The first-order valence-electron chi connectivity index (χ1n) is 11.2. The zero-order chi connectivity index (χ0) is 23.2. The quantitative estimate of drug-likeness (QED) is 0.505. The molecule has 4 rings (SSSR count). The minimum absolute atomic E-state index is 0.0917. The van der Waals surface area contributed by atoms with Crippen LogP contribution < -0.4 is 5.48 Å². The summed E-state index contributed by atoms with van der Waals surface area (Å²) >= 11 is 0. The van der Waals surface area contributed by atoms with Crippen molar-refractivity contribution in [2.24, 2.45) is 0 Å². The first-order chi connectivity index (χ1) is 16.1. The number of carbonyl (C=O) groups is 2. The second kappa shape index (κ2) is 10.4. The van der Waals surface area contributed by atoms with Gasteiger partial charge in [-0.2, -0.15) is 5.48 Å². The number of urea groups is 1. The fourth-order valence-corrected chi connectivity index (χ4v) is 4.22. The summed E-state index contributed by atoms with van der Waals surface area (Å²) < 4.78 is 0. The molecule has 3 aromatic rings. The lowest BCUT2D eigenvalue weighted by molar-refractivity contribution is -0.131. The van der Waals surface area contributed by atoms with Gasteiger partial charge in [-0.25, -0.2) is 4.79 Å². The molecule has 0 spiro atoms. The van der Waals surface area contributed by atoms with Crippen molar-refractivity contribution in [3.05, 3.63) is 108 Å². The zero-order valence-electron chi connectivity index (χ0n) is 18.9. The number of benzene rings is 3. The first kappa shape index (κ1) is 22.7. The maximum absolute atomic E-state index is 13.5. The molecule has 1 aliphatic heterocycles. The lowest BCUT2D eigenvalue weighted by atomic mass is 9.99. The minimum Gasteiger partial charge on any atom is -0.322 e. The number of imide groups is 1. The normalized spacial score (nSPS) is 19.0. The number of hydrogen-bond acceptors (Lipinski definition) is 4. The van der Waals surface area contributed by atoms with E-state index in [0.29, 0.717) is 6.61 Å². The van der Waals surface area contributed by atoms with Crippen LogP contribution in [0.2, 0.25) is 0 Å². The summed E-state index contributed by atoms with van der Waals surface area (Å²) in [6.45, 7) is 2.34. The van der Waals surface area contributed by atoms with E-state index in [1.807, 2.05) is 97.9 Å². The average molecular weight is 444 g/mol. The molecule has 1 N–H and O–H groups in total. The van der Waals surface area contributed by atoms with Gasteiger partial charge in [0, 0.05) is 13.5 Å². The predicted octanol–water partition coefficient (Wildman–Crippen LogP) is 4.86. The number of nitrogens with one attached hydrogen (secondary N) is 1. The van der Waals surface area contributed by atoms with Crippen molar-refractivity contribution in [2.75, 3.05) is 7.05 Å². The van der Waals surface area contributed by atoms with Crippen molar-refractivity contribution in [2.45, 2.75) is 38.1 Å². The number of nitrogens with zero attached hydrogens (tertiary/aromatic N) is 2. The summed E-state index contributed by atoms with van der Waals surface area (Å²) in [7, 11) is 1.74. The Bertz CT molecular complexity index is 1060. The maximum Gasteiger partial charge on any atom is 0.327 e. The summed E-state index contributed by atoms with van der Waals surface area (Å²) in [6, 6.07) is 28.1. The van der Waals surface area contributed by atoms with Crippen LogP contribution in [0.1, 0.15) is 42.1 Å². The highest BCUT2D eigenvalue weighted by Gasteiger charge is 2.45. The summed E-state index contributed by atoms with van der Waals surface area (Å²) in [5.74, 6) is -0.241. The van der Waals surface area contributed by atoms with Crippen LogP contribution in [0.15, 0.2) is 91.0 Å². The van der Waals surface area contributed by atoms with E-state index < -0.39 is 6.04 Å². The number of rotatable bonds is 8. The molecule has 170 valence electrons. The summed E-state index contributed by atoms with van der Waals surface area (Å²) in [5, 5.41) is 0. The molecule has 3 atom stereocenters. The largest absolute Gasteiger partial charge is 0.327 e. The summed E-state index contributed by atoms with van der Waals surface area (Å²) in [4.78, 5) is 35.4. The highest BCUT2D eigenvalue weighted by Crippen LogP contribution is 2.35. The van der Waals surface area contributed by atoms with Gasteiger partial charge < -0.3 is 4.90 Å². The number of amides is 3. The van der Waals surface area contributed by atoms with E-state index in [4.69, 9.17) is 4.84 Å². The number of hydrogen-bond donors (Lipinski definition) is 1. The lowest BCUT2D eigenvalue weighted by Gasteiger charge is -2.26. The molecule has 6 nitrogen and oxygen atoms in total. The second-order valence-corrected chi connectivity index (χ2v) is 8.31. The topological polar surface area (TPSA) is 61.9 Å². The van der Waals surface area contributed by atoms with E-state index in [2.05, 4.69) is 5.48 Å². The van der Waals surface area contributed by atoms with Gasteiger partial charge in [-0.1, -0.05) is 91.0 Å². The van der Waals surface area contributed by atoms with Crippen LogP contribution in [0.4, 0.5) is 4.79 Å². The Labute approximate surface area is 194 Å². The van der Waals surface area contributed by atoms with Gasteiger partial charge in [0.25, 0.3) is 0 Å². The second-order valence-electron chi connectivity index (χ2n) is 8.31. The van der Waals surface area contributed by atoms with E-state index in [1.165, 1.54) is 4.90 Å². The third-order valence-corrected chi connectivity index (χ3v) is 6.15. The molecule has 0 unspecified atom stereocenters. The smallest absolute Gasteiger partial charge is 0.322 e. The van der Waals surface area contributed by atoms with E-state index in [-0.39, 0.29) is 30.4 Å². The van der Waals surface area contributed by atoms with Crippen molar-refractivity contribution in [1.82, 2.24) is 15.3 Å². The van der Waals surface area contributed by atoms with Crippen molar-refractivity contribution in [3.63, 3.8) is 0 Å². The SMILES string of the molecule is C[C@@H]1[C@H](c2ccccc2)N(C(=O)C[C@@H](NOCc2ccccc2)c2ccccc2)C(=O)N1C. The van der Waals surface area contributed by atoms with Gasteiger partial charge in [0.1, 0.15) is 0 Å². The van der Waals surface area contributed by atoms with E-state index in [1.54, 1.807) is 11.9 Å². The molecule has 0 aliphatic carbocycles. The van der Waals surface area contributed by atoms with Gasteiger partial charge in [-0.3, -0.25) is 14.5 Å². The van der Waals surface area contributed by atoms with E-state index in [0.717, 1.165) is 16.7 Å². The lowest BCUT2D eigenvalue weighted by Crippen LogP contribution is -2.38. The molecule has 1 saturated heterocycles. The minimum atomic E-state index is -0.396. The van der Waals surface area contributed by atoms with Crippen LogP contribution in [-0.4, -0.2) is 34.8 Å². The van der Waals surface area contributed by atoms with Gasteiger partial charge in [-0.15, -0.1) is 0 Å². The Morgan fingerprint density at radius 1 is 0.939 bits per heavy atom. The number of likely N-dealkylation sites (N-methyl/N-ethyl adjacent to an activating group) is 1. The molecule has 1 fully saturated rings. The maximum atomic E-state index is 13.5. The molecular formula is C27H29N3O3. The van der Waals surface area contributed by atoms with Crippen LogP contribution in [-0.2, 0) is 16.2 Å². The highest BCUT2D eigenvalue weighted by molar-refractivity contribution is 5.97. The van der Waals surface area contributed by atoms with Crippen molar-refractivity contribution in [3.8, 4) is 0 Å². The van der Waals surface area contributed by atoms with Crippen molar-refractivity contribution in [1.29, 1.82) is 0 Å². The zero-order valence-corrected chi connectivity index (χ0v) is 18.9. The average Bonchev–Trinajstić information content (AvgIpc) is 3.09.